The number of hydrogen-bond donors (Lipinski definition) is 1. The Morgan fingerprint density at radius 1 is 0.880 bits per heavy atom. The molecule has 0 saturated carbocycles. The number of aromatic hydroxyl groups is 1. The first-order valence-electron chi connectivity index (χ1n) is 7.84. The summed E-state index contributed by atoms with van der Waals surface area (Å²) in [5, 5.41) is 11.3. The Balaban J connectivity index is 1.94. The third-order valence-corrected chi connectivity index (χ3v) is 4.52. The average molecular weight is 348 g/mol. The van der Waals surface area contributed by atoms with Crippen LogP contribution in [0.15, 0.2) is 79.0 Å². The minimum atomic E-state index is -0.0698. The molecule has 122 valence electrons. The molecular weight excluding hydrogens is 334 g/mol. The van der Waals surface area contributed by atoms with Crippen LogP contribution >= 0.6 is 11.6 Å². The molecule has 0 saturated heterocycles. The van der Waals surface area contributed by atoms with E-state index in [1.807, 2.05) is 48.5 Å². The number of rotatable bonds is 3. The molecule has 3 nitrogen and oxygen atoms in total. The van der Waals surface area contributed by atoms with Gasteiger partial charge in [0.1, 0.15) is 5.75 Å². The molecule has 0 atom stereocenters. The van der Waals surface area contributed by atoms with Gasteiger partial charge in [0.2, 0.25) is 0 Å². The number of carbonyl (C=O) groups is 1. The summed E-state index contributed by atoms with van der Waals surface area (Å²) in [4.78, 5) is 12.9. The van der Waals surface area contributed by atoms with Crippen LogP contribution in [0.1, 0.15) is 15.9 Å². The van der Waals surface area contributed by atoms with Crippen molar-refractivity contribution in [3.63, 3.8) is 0 Å². The highest BCUT2D eigenvalue weighted by molar-refractivity contribution is 6.36. The number of benzene rings is 3. The number of halogens is 1. The molecule has 0 amide bonds. The number of fused-ring (bicyclic) bond motifs is 1. The number of carbonyl (C=O) groups excluding carboxylic acids is 1. The van der Waals surface area contributed by atoms with Gasteiger partial charge in [0, 0.05) is 11.1 Å². The molecule has 3 aromatic carbocycles. The van der Waals surface area contributed by atoms with Crippen molar-refractivity contribution in [2.45, 2.75) is 0 Å². The first-order chi connectivity index (χ1) is 12.2. The van der Waals surface area contributed by atoms with Gasteiger partial charge in [-0.2, -0.15) is 0 Å². The number of aromatic nitrogens is 1. The van der Waals surface area contributed by atoms with E-state index < -0.39 is 0 Å². The maximum atomic E-state index is 12.9. The van der Waals surface area contributed by atoms with Crippen LogP contribution in [-0.2, 0) is 0 Å². The second kappa shape index (κ2) is 6.11. The minimum Gasteiger partial charge on any atom is -0.506 e. The molecule has 0 spiro atoms. The molecule has 4 rings (SSSR count). The van der Waals surface area contributed by atoms with Gasteiger partial charge < -0.3 is 9.67 Å². The van der Waals surface area contributed by atoms with Crippen molar-refractivity contribution in [2.75, 3.05) is 0 Å². The van der Waals surface area contributed by atoms with E-state index in [-0.39, 0.29) is 11.5 Å². The van der Waals surface area contributed by atoms with Crippen molar-refractivity contribution in [3.8, 4) is 11.4 Å². The van der Waals surface area contributed by atoms with E-state index in [9.17, 15) is 9.90 Å². The van der Waals surface area contributed by atoms with Gasteiger partial charge in [-0.1, -0.05) is 60.1 Å². The summed E-state index contributed by atoms with van der Waals surface area (Å²) in [6.45, 7) is 0. The van der Waals surface area contributed by atoms with Crippen molar-refractivity contribution >= 4 is 28.3 Å². The van der Waals surface area contributed by atoms with Crippen molar-refractivity contribution in [1.82, 2.24) is 4.57 Å². The van der Waals surface area contributed by atoms with Crippen LogP contribution in [0.5, 0.6) is 5.75 Å². The van der Waals surface area contributed by atoms with Gasteiger partial charge in [-0.25, -0.2) is 0 Å². The molecule has 0 aliphatic carbocycles. The van der Waals surface area contributed by atoms with Gasteiger partial charge in [0.15, 0.2) is 5.78 Å². The zero-order chi connectivity index (χ0) is 17.4. The highest BCUT2D eigenvalue weighted by atomic mass is 35.5. The third-order valence-electron chi connectivity index (χ3n) is 4.20. The van der Waals surface area contributed by atoms with Crippen LogP contribution in [0.3, 0.4) is 0 Å². The Labute approximate surface area is 149 Å². The second-order valence-electron chi connectivity index (χ2n) is 5.73. The molecule has 0 unspecified atom stereocenters. The Kier molecular flexibility index (Phi) is 3.79. The Morgan fingerprint density at radius 3 is 2.40 bits per heavy atom. The predicted octanol–water partition coefficient (Wildman–Crippen LogP) is 5.22. The maximum absolute atomic E-state index is 12.9. The lowest BCUT2D eigenvalue weighted by Gasteiger charge is -2.11. The SMILES string of the molecule is O=C(c1ccccc1)c1ccccc1-n1cc(O)c2c(Cl)cccc21. The van der Waals surface area contributed by atoms with E-state index in [0.29, 0.717) is 27.2 Å². The third kappa shape index (κ3) is 2.59. The maximum Gasteiger partial charge on any atom is 0.195 e. The van der Waals surface area contributed by atoms with Crippen molar-refractivity contribution in [2.24, 2.45) is 0 Å². The molecular formula is C21H14ClNO2. The van der Waals surface area contributed by atoms with Gasteiger partial charge in [0.05, 0.1) is 27.8 Å². The van der Waals surface area contributed by atoms with Crippen LogP contribution < -0.4 is 0 Å². The molecule has 4 heteroatoms. The second-order valence-corrected chi connectivity index (χ2v) is 6.14. The highest BCUT2D eigenvalue weighted by Gasteiger charge is 2.18. The molecule has 25 heavy (non-hydrogen) atoms. The van der Waals surface area contributed by atoms with Crippen LogP contribution in [0.4, 0.5) is 0 Å². The van der Waals surface area contributed by atoms with Crippen LogP contribution in [-0.4, -0.2) is 15.5 Å². The summed E-state index contributed by atoms with van der Waals surface area (Å²) >= 11 is 6.22. The monoisotopic (exact) mass is 347 g/mol. The Hall–Kier alpha value is -3.04. The summed E-state index contributed by atoms with van der Waals surface area (Å²) in [6.07, 6.45) is 1.59. The summed E-state index contributed by atoms with van der Waals surface area (Å²) in [7, 11) is 0. The molecule has 1 N–H and O–H groups in total. The summed E-state index contributed by atoms with van der Waals surface area (Å²) in [5.74, 6) is 0.0159. The van der Waals surface area contributed by atoms with Crippen LogP contribution in [0.25, 0.3) is 16.6 Å². The fraction of sp³-hybridized carbons (Fsp3) is 0. The fourth-order valence-electron chi connectivity index (χ4n) is 3.04. The van der Waals surface area contributed by atoms with Crippen molar-refractivity contribution in [1.29, 1.82) is 0 Å². The first kappa shape index (κ1) is 15.5. The molecule has 0 radical (unpaired) electrons. The largest absolute Gasteiger partial charge is 0.506 e. The van der Waals surface area contributed by atoms with Crippen LogP contribution in [0.2, 0.25) is 5.02 Å². The van der Waals surface area contributed by atoms with Gasteiger partial charge in [-0.05, 0) is 24.3 Å². The van der Waals surface area contributed by atoms with E-state index in [1.165, 1.54) is 0 Å². The van der Waals surface area contributed by atoms with E-state index >= 15 is 0 Å². The number of ketones is 1. The molecule has 0 fully saturated rings. The van der Waals surface area contributed by atoms with E-state index in [0.717, 1.165) is 5.52 Å². The first-order valence-corrected chi connectivity index (χ1v) is 8.22. The Bertz CT molecular complexity index is 1080. The van der Waals surface area contributed by atoms with Gasteiger partial charge in [-0.3, -0.25) is 4.79 Å². The minimum absolute atomic E-state index is 0.0698. The van der Waals surface area contributed by atoms with Gasteiger partial charge >= 0.3 is 0 Å². The van der Waals surface area contributed by atoms with Gasteiger partial charge in [-0.15, -0.1) is 0 Å². The zero-order valence-corrected chi connectivity index (χ0v) is 13.9. The lowest BCUT2D eigenvalue weighted by molar-refractivity contribution is 0.103. The number of hydrogen-bond acceptors (Lipinski definition) is 2. The predicted molar refractivity (Wildman–Crippen MR) is 99.8 cm³/mol. The summed E-state index contributed by atoms with van der Waals surface area (Å²) in [5.41, 5.74) is 2.63. The van der Waals surface area contributed by atoms with E-state index in [1.54, 1.807) is 35.0 Å². The molecule has 0 aliphatic rings. The lowest BCUT2D eigenvalue weighted by atomic mass is 10.0. The molecule has 0 aliphatic heterocycles. The van der Waals surface area contributed by atoms with Gasteiger partial charge in [0.25, 0.3) is 0 Å². The molecule has 4 aromatic rings. The highest BCUT2D eigenvalue weighted by Crippen LogP contribution is 2.35. The molecule has 0 bridgehead atoms. The summed E-state index contributed by atoms with van der Waals surface area (Å²) in [6, 6.07) is 21.9. The Morgan fingerprint density at radius 2 is 1.60 bits per heavy atom. The topological polar surface area (TPSA) is 42.2 Å². The summed E-state index contributed by atoms with van der Waals surface area (Å²) < 4.78 is 1.80. The smallest absolute Gasteiger partial charge is 0.195 e. The molecule has 1 aromatic heterocycles. The lowest BCUT2D eigenvalue weighted by Crippen LogP contribution is -2.06. The average Bonchev–Trinajstić information content (AvgIpc) is 3.00. The van der Waals surface area contributed by atoms with E-state index in [4.69, 9.17) is 11.6 Å². The van der Waals surface area contributed by atoms with E-state index in [2.05, 4.69) is 0 Å². The van der Waals surface area contributed by atoms with Crippen LogP contribution in [0, 0.1) is 0 Å². The van der Waals surface area contributed by atoms with Crippen molar-refractivity contribution in [3.05, 3.63) is 95.1 Å². The van der Waals surface area contributed by atoms with Crippen molar-refractivity contribution < 1.29 is 9.90 Å². The number of para-hydroxylation sites is 1. The normalized spacial score (nSPS) is 10.9. The fourth-order valence-corrected chi connectivity index (χ4v) is 3.31. The quantitative estimate of drug-likeness (QED) is 0.516. The standard InChI is InChI=1S/C21H14ClNO2/c22-16-10-6-12-18-20(16)19(24)13-23(18)17-11-5-4-9-15(17)21(25)14-7-2-1-3-8-14/h1-13,24H. The number of nitrogens with zero attached hydrogens (tertiary/aromatic N) is 1. The zero-order valence-electron chi connectivity index (χ0n) is 13.2. The molecule has 1 heterocycles.